The Bertz CT molecular complexity index is 450. The Hall–Kier alpha value is -1.73. The number of hydrogen-bond acceptors (Lipinski definition) is 4. The van der Waals surface area contributed by atoms with Crippen LogP contribution in [0.1, 0.15) is 32.3 Å². The van der Waals surface area contributed by atoms with E-state index in [1.165, 1.54) is 0 Å². The highest BCUT2D eigenvalue weighted by Gasteiger charge is 2.15. The van der Waals surface area contributed by atoms with Crippen molar-refractivity contribution in [3.63, 3.8) is 0 Å². The summed E-state index contributed by atoms with van der Waals surface area (Å²) in [6.07, 6.45) is 1.65. The molecule has 1 rings (SSSR count). The number of nitriles is 1. The predicted molar refractivity (Wildman–Crippen MR) is 75.0 cm³/mol. The first-order valence-corrected chi connectivity index (χ1v) is 6.43. The summed E-state index contributed by atoms with van der Waals surface area (Å²) in [6, 6.07) is 7.91. The fourth-order valence-electron chi connectivity index (χ4n) is 1.72. The molecular formula is C15H22N2O2. The molecule has 0 radical (unpaired) electrons. The first kappa shape index (κ1) is 15.3. The van der Waals surface area contributed by atoms with Crippen molar-refractivity contribution in [2.45, 2.75) is 33.2 Å². The fraction of sp³-hybridized carbons (Fsp3) is 0.533. The van der Waals surface area contributed by atoms with Gasteiger partial charge in [-0.05, 0) is 32.8 Å². The molecule has 19 heavy (non-hydrogen) atoms. The van der Waals surface area contributed by atoms with Gasteiger partial charge in [-0.25, -0.2) is 0 Å². The third-order valence-electron chi connectivity index (χ3n) is 3.00. The van der Waals surface area contributed by atoms with E-state index >= 15 is 0 Å². The van der Waals surface area contributed by atoms with Crippen LogP contribution >= 0.6 is 0 Å². The standard InChI is InChI=1S/C15H22N2O2/c1-15(2,11-17)7-4-8-19-14-9-13(18-3)6-5-12(14)10-16/h5-6,9H,4,7-8,10,16H2,1-3H3. The van der Waals surface area contributed by atoms with Crippen molar-refractivity contribution in [1.82, 2.24) is 0 Å². The number of methoxy groups -OCH3 is 1. The average Bonchev–Trinajstić information content (AvgIpc) is 2.43. The Morgan fingerprint density at radius 1 is 1.37 bits per heavy atom. The molecule has 104 valence electrons. The summed E-state index contributed by atoms with van der Waals surface area (Å²) in [5, 5.41) is 8.94. The molecule has 0 aliphatic carbocycles. The second-order valence-electron chi connectivity index (χ2n) is 5.13. The third kappa shape index (κ3) is 4.80. The molecule has 0 fully saturated rings. The number of rotatable bonds is 7. The van der Waals surface area contributed by atoms with Crippen LogP contribution in [0.4, 0.5) is 0 Å². The molecule has 0 saturated heterocycles. The van der Waals surface area contributed by atoms with Gasteiger partial charge in [-0.15, -0.1) is 0 Å². The zero-order chi connectivity index (χ0) is 14.3. The molecule has 2 N–H and O–H groups in total. The highest BCUT2D eigenvalue weighted by molar-refractivity contribution is 5.40. The van der Waals surface area contributed by atoms with Crippen molar-refractivity contribution in [1.29, 1.82) is 5.26 Å². The Labute approximate surface area is 115 Å². The van der Waals surface area contributed by atoms with Crippen molar-refractivity contribution in [3.05, 3.63) is 23.8 Å². The van der Waals surface area contributed by atoms with Crippen molar-refractivity contribution >= 4 is 0 Å². The molecule has 0 amide bonds. The van der Waals surface area contributed by atoms with Gasteiger partial charge >= 0.3 is 0 Å². The van der Waals surface area contributed by atoms with Gasteiger partial charge in [-0.2, -0.15) is 5.26 Å². The van der Waals surface area contributed by atoms with Crippen LogP contribution in [-0.2, 0) is 6.54 Å². The summed E-state index contributed by atoms with van der Waals surface area (Å²) in [5.74, 6) is 1.51. The lowest BCUT2D eigenvalue weighted by atomic mass is 9.90. The first-order chi connectivity index (χ1) is 9.02. The highest BCUT2D eigenvalue weighted by Crippen LogP contribution is 2.26. The van der Waals surface area contributed by atoms with E-state index < -0.39 is 0 Å². The molecule has 0 atom stereocenters. The second kappa shape index (κ2) is 7.01. The summed E-state index contributed by atoms with van der Waals surface area (Å²) in [5.41, 5.74) is 6.33. The molecule has 0 unspecified atom stereocenters. The Morgan fingerprint density at radius 2 is 2.11 bits per heavy atom. The van der Waals surface area contributed by atoms with Gasteiger partial charge in [0.05, 0.1) is 25.2 Å². The van der Waals surface area contributed by atoms with Crippen LogP contribution in [0.2, 0.25) is 0 Å². The molecule has 0 aliphatic rings. The molecular weight excluding hydrogens is 240 g/mol. The lowest BCUT2D eigenvalue weighted by Gasteiger charge is -2.16. The molecule has 1 aromatic carbocycles. The van der Waals surface area contributed by atoms with Crippen LogP contribution in [0.15, 0.2) is 18.2 Å². The molecule has 0 heterocycles. The molecule has 0 aliphatic heterocycles. The third-order valence-corrected chi connectivity index (χ3v) is 3.00. The Balaban J connectivity index is 2.55. The largest absolute Gasteiger partial charge is 0.497 e. The van der Waals surface area contributed by atoms with E-state index in [0.29, 0.717) is 13.2 Å². The van der Waals surface area contributed by atoms with Gasteiger partial charge in [-0.1, -0.05) is 6.07 Å². The predicted octanol–water partition coefficient (Wildman–Crippen LogP) is 2.86. The SMILES string of the molecule is COc1ccc(CN)c(OCCCC(C)(C)C#N)c1. The molecule has 0 aromatic heterocycles. The summed E-state index contributed by atoms with van der Waals surface area (Å²) >= 11 is 0. The zero-order valence-corrected chi connectivity index (χ0v) is 11.9. The summed E-state index contributed by atoms with van der Waals surface area (Å²) in [7, 11) is 1.62. The Kier molecular flexibility index (Phi) is 5.65. The van der Waals surface area contributed by atoms with E-state index in [-0.39, 0.29) is 5.41 Å². The minimum absolute atomic E-state index is 0.297. The van der Waals surface area contributed by atoms with E-state index in [2.05, 4.69) is 6.07 Å². The molecule has 0 bridgehead atoms. The van der Waals surface area contributed by atoms with Crippen LogP contribution in [0.25, 0.3) is 0 Å². The molecule has 4 nitrogen and oxygen atoms in total. The van der Waals surface area contributed by atoms with E-state index in [1.54, 1.807) is 7.11 Å². The quantitative estimate of drug-likeness (QED) is 0.767. The highest BCUT2D eigenvalue weighted by atomic mass is 16.5. The zero-order valence-electron chi connectivity index (χ0n) is 11.9. The lowest BCUT2D eigenvalue weighted by molar-refractivity contribution is 0.280. The van der Waals surface area contributed by atoms with Crippen LogP contribution in [0, 0.1) is 16.7 Å². The van der Waals surface area contributed by atoms with E-state index in [9.17, 15) is 0 Å². The van der Waals surface area contributed by atoms with Crippen molar-refractivity contribution in [3.8, 4) is 17.6 Å². The van der Waals surface area contributed by atoms with Crippen molar-refractivity contribution < 1.29 is 9.47 Å². The smallest absolute Gasteiger partial charge is 0.127 e. The van der Waals surface area contributed by atoms with Gasteiger partial charge in [0.1, 0.15) is 11.5 Å². The lowest BCUT2D eigenvalue weighted by Crippen LogP contribution is -2.11. The molecule has 0 spiro atoms. The minimum atomic E-state index is -0.297. The fourth-order valence-corrected chi connectivity index (χ4v) is 1.72. The van der Waals surface area contributed by atoms with Crippen LogP contribution < -0.4 is 15.2 Å². The summed E-state index contributed by atoms with van der Waals surface area (Å²) in [4.78, 5) is 0. The maximum absolute atomic E-state index is 8.94. The maximum atomic E-state index is 8.94. The maximum Gasteiger partial charge on any atom is 0.127 e. The van der Waals surface area contributed by atoms with Gasteiger partial charge in [0.15, 0.2) is 0 Å². The number of nitrogens with zero attached hydrogens (tertiary/aromatic N) is 1. The number of ether oxygens (including phenoxy) is 2. The van der Waals surface area contributed by atoms with Gasteiger partial charge in [0.25, 0.3) is 0 Å². The second-order valence-corrected chi connectivity index (χ2v) is 5.13. The Morgan fingerprint density at radius 3 is 2.68 bits per heavy atom. The van der Waals surface area contributed by atoms with E-state index in [0.717, 1.165) is 29.9 Å². The number of nitrogens with two attached hydrogens (primary N) is 1. The van der Waals surface area contributed by atoms with Crippen molar-refractivity contribution in [2.24, 2.45) is 11.1 Å². The van der Waals surface area contributed by atoms with Gasteiger partial charge in [0.2, 0.25) is 0 Å². The molecule has 4 heteroatoms. The van der Waals surface area contributed by atoms with Gasteiger partial charge in [0, 0.05) is 18.2 Å². The van der Waals surface area contributed by atoms with Gasteiger partial charge < -0.3 is 15.2 Å². The first-order valence-electron chi connectivity index (χ1n) is 6.43. The van der Waals surface area contributed by atoms with Gasteiger partial charge in [-0.3, -0.25) is 0 Å². The van der Waals surface area contributed by atoms with Crippen LogP contribution in [-0.4, -0.2) is 13.7 Å². The summed E-state index contributed by atoms with van der Waals surface area (Å²) < 4.78 is 10.9. The molecule has 1 aromatic rings. The number of hydrogen-bond donors (Lipinski definition) is 1. The summed E-state index contributed by atoms with van der Waals surface area (Å²) in [6.45, 7) is 4.88. The van der Waals surface area contributed by atoms with E-state index in [1.807, 2.05) is 32.0 Å². The van der Waals surface area contributed by atoms with Crippen LogP contribution in [0.5, 0.6) is 11.5 Å². The average molecular weight is 262 g/mol. The monoisotopic (exact) mass is 262 g/mol. The van der Waals surface area contributed by atoms with Crippen molar-refractivity contribution in [2.75, 3.05) is 13.7 Å². The minimum Gasteiger partial charge on any atom is -0.497 e. The topological polar surface area (TPSA) is 68.3 Å². The normalized spacial score (nSPS) is 10.9. The number of benzene rings is 1. The molecule has 0 saturated carbocycles. The van der Waals surface area contributed by atoms with Crippen LogP contribution in [0.3, 0.4) is 0 Å². The van der Waals surface area contributed by atoms with E-state index in [4.69, 9.17) is 20.5 Å².